The van der Waals surface area contributed by atoms with Gasteiger partial charge in [-0.25, -0.2) is 8.42 Å². The zero-order chi connectivity index (χ0) is 23.0. The number of phenolic OH excluding ortho intramolecular Hbond substituents is 1. The molecule has 0 saturated carbocycles. The zero-order valence-corrected chi connectivity index (χ0v) is 19.5. The van der Waals surface area contributed by atoms with Crippen molar-refractivity contribution in [1.29, 1.82) is 0 Å². The molecule has 0 aliphatic carbocycles. The number of hydrogen-bond donors (Lipinski definition) is 3. The molecule has 0 radical (unpaired) electrons. The summed E-state index contributed by atoms with van der Waals surface area (Å²) in [5.41, 5.74) is -1.22. The Bertz CT molecular complexity index is 1210. The number of benzene rings is 1. The normalized spacial score (nSPS) is 19.9. The second-order valence-electron chi connectivity index (χ2n) is 7.63. The van der Waals surface area contributed by atoms with Crippen molar-refractivity contribution in [2.45, 2.75) is 17.4 Å². The van der Waals surface area contributed by atoms with Crippen LogP contribution in [0.1, 0.15) is 6.42 Å². The Hall–Kier alpha value is -2.21. The third-order valence-electron chi connectivity index (χ3n) is 5.66. The van der Waals surface area contributed by atoms with Gasteiger partial charge in [0.05, 0.1) is 10.7 Å². The van der Waals surface area contributed by atoms with Crippen LogP contribution in [0.25, 0.3) is 0 Å². The van der Waals surface area contributed by atoms with Crippen LogP contribution in [0.5, 0.6) is 5.75 Å². The van der Waals surface area contributed by atoms with E-state index < -0.39 is 31.5 Å². The number of nitrogens with one attached hydrogen (secondary N) is 2. The Kier molecular flexibility index (Phi) is 6.44. The highest BCUT2D eigenvalue weighted by atomic mass is 35.5. The second-order valence-corrected chi connectivity index (χ2v) is 11.1. The van der Waals surface area contributed by atoms with Crippen LogP contribution in [0.2, 0.25) is 5.02 Å². The van der Waals surface area contributed by atoms with E-state index in [0.717, 1.165) is 17.9 Å². The van der Waals surface area contributed by atoms with E-state index in [1.807, 2.05) is 4.90 Å². The van der Waals surface area contributed by atoms with Crippen LogP contribution >= 0.6 is 23.4 Å². The third-order valence-corrected chi connectivity index (χ3v) is 9.22. The van der Waals surface area contributed by atoms with Gasteiger partial charge < -0.3 is 20.6 Å². The standard InChI is InChI=1S/C20H23ClN4O5S2/c1-2-24-6-8-25(9-7-24)32(29,30)20-13(21)3-4-14(17(20)26)23-16-15(18(27)19(16)28)22-12-5-10-31-11-12/h2-4,12,22-23,26H,1,5-11H2. The van der Waals surface area contributed by atoms with E-state index in [-0.39, 0.29) is 41.2 Å². The average Bonchev–Trinajstić information content (AvgIpc) is 3.30. The summed E-state index contributed by atoms with van der Waals surface area (Å²) in [7, 11) is -4.09. The van der Waals surface area contributed by atoms with E-state index in [9.17, 15) is 23.1 Å². The summed E-state index contributed by atoms with van der Waals surface area (Å²) < 4.78 is 27.7. The van der Waals surface area contributed by atoms with Crippen molar-refractivity contribution >= 4 is 50.4 Å². The van der Waals surface area contributed by atoms with Gasteiger partial charge in [0.2, 0.25) is 10.0 Å². The largest absolute Gasteiger partial charge is 0.504 e. The van der Waals surface area contributed by atoms with Gasteiger partial charge in [-0.05, 0) is 30.5 Å². The molecule has 32 heavy (non-hydrogen) atoms. The van der Waals surface area contributed by atoms with Gasteiger partial charge in [-0.1, -0.05) is 18.2 Å². The van der Waals surface area contributed by atoms with Crippen LogP contribution in [0.3, 0.4) is 0 Å². The van der Waals surface area contributed by atoms with Crippen molar-refractivity contribution in [3.8, 4) is 5.75 Å². The molecule has 2 aromatic carbocycles. The van der Waals surface area contributed by atoms with Gasteiger partial charge in [-0.3, -0.25) is 9.59 Å². The Morgan fingerprint density at radius 1 is 1.16 bits per heavy atom. The molecule has 2 saturated heterocycles. The Morgan fingerprint density at radius 3 is 2.47 bits per heavy atom. The number of rotatable bonds is 7. The number of aromatic hydroxyl groups is 1. The van der Waals surface area contributed by atoms with Crippen molar-refractivity contribution < 1.29 is 13.5 Å². The van der Waals surface area contributed by atoms with Gasteiger partial charge in [0, 0.05) is 38.0 Å². The van der Waals surface area contributed by atoms with E-state index in [1.165, 1.54) is 16.4 Å². The first-order chi connectivity index (χ1) is 15.2. The molecular weight excluding hydrogens is 476 g/mol. The van der Waals surface area contributed by atoms with Crippen molar-refractivity contribution in [3.05, 3.63) is 50.4 Å². The van der Waals surface area contributed by atoms with Gasteiger partial charge in [0.15, 0.2) is 5.75 Å². The molecule has 172 valence electrons. The predicted octanol–water partition coefficient (Wildman–Crippen LogP) is 1.75. The quantitative estimate of drug-likeness (QED) is 0.387. The third kappa shape index (κ3) is 4.09. The van der Waals surface area contributed by atoms with Crippen molar-refractivity contribution in [2.24, 2.45) is 0 Å². The maximum atomic E-state index is 13.2. The van der Waals surface area contributed by atoms with E-state index in [4.69, 9.17) is 11.6 Å². The second kappa shape index (κ2) is 8.97. The Morgan fingerprint density at radius 2 is 1.84 bits per heavy atom. The lowest BCUT2D eigenvalue weighted by Gasteiger charge is -2.33. The summed E-state index contributed by atoms with van der Waals surface area (Å²) in [5.74, 6) is 1.20. The highest BCUT2D eigenvalue weighted by Crippen LogP contribution is 2.40. The first-order valence-corrected chi connectivity index (χ1v) is 13.0. The number of anilines is 3. The molecule has 2 aliphatic rings. The highest BCUT2D eigenvalue weighted by molar-refractivity contribution is 7.99. The Balaban J connectivity index is 1.62. The van der Waals surface area contributed by atoms with Crippen molar-refractivity contribution in [3.63, 3.8) is 0 Å². The number of phenols is 1. The van der Waals surface area contributed by atoms with Gasteiger partial charge in [-0.15, -0.1) is 0 Å². The zero-order valence-electron chi connectivity index (χ0n) is 17.1. The minimum atomic E-state index is -4.09. The molecule has 0 bridgehead atoms. The maximum absolute atomic E-state index is 13.2. The van der Waals surface area contributed by atoms with E-state index in [0.29, 0.717) is 13.1 Å². The van der Waals surface area contributed by atoms with E-state index in [2.05, 4.69) is 17.2 Å². The smallest absolute Gasteiger partial charge is 0.253 e. The van der Waals surface area contributed by atoms with Gasteiger partial charge >= 0.3 is 0 Å². The van der Waals surface area contributed by atoms with E-state index >= 15 is 0 Å². The summed E-state index contributed by atoms with van der Waals surface area (Å²) in [4.78, 5) is 25.7. The number of sulfonamides is 1. The first-order valence-electron chi connectivity index (χ1n) is 10.1. The fraction of sp³-hybridized carbons (Fsp3) is 0.400. The van der Waals surface area contributed by atoms with Crippen LogP contribution < -0.4 is 21.5 Å². The van der Waals surface area contributed by atoms with Crippen molar-refractivity contribution in [1.82, 2.24) is 9.21 Å². The van der Waals surface area contributed by atoms with Crippen LogP contribution in [-0.2, 0) is 10.0 Å². The lowest BCUT2D eigenvalue weighted by Crippen LogP contribution is -2.46. The summed E-state index contributed by atoms with van der Waals surface area (Å²) in [6.45, 7) is 5.06. The average molecular weight is 499 g/mol. The van der Waals surface area contributed by atoms with Crippen LogP contribution in [0.15, 0.2) is 39.4 Å². The van der Waals surface area contributed by atoms with Crippen LogP contribution in [0, 0.1) is 0 Å². The fourth-order valence-corrected chi connectivity index (χ4v) is 6.95. The van der Waals surface area contributed by atoms with Gasteiger partial charge in [-0.2, -0.15) is 16.1 Å². The van der Waals surface area contributed by atoms with E-state index in [1.54, 1.807) is 18.0 Å². The molecule has 1 unspecified atom stereocenters. The molecule has 3 N–H and O–H groups in total. The molecule has 1 atom stereocenters. The molecule has 4 rings (SSSR count). The number of halogens is 1. The lowest BCUT2D eigenvalue weighted by molar-refractivity contribution is 0.245. The summed E-state index contributed by atoms with van der Waals surface area (Å²) in [6, 6.07) is 2.79. The van der Waals surface area contributed by atoms with Gasteiger partial charge in [0.1, 0.15) is 16.3 Å². The molecule has 2 fully saturated rings. The highest BCUT2D eigenvalue weighted by Gasteiger charge is 2.34. The molecule has 0 spiro atoms. The van der Waals surface area contributed by atoms with Gasteiger partial charge in [0.25, 0.3) is 10.9 Å². The summed E-state index contributed by atoms with van der Waals surface area (Å²) >= 11 is 7.93. The molecule has 12 heteroatoms. The maximum Gasteiger partial charge on any atom is 0.253 e. The summed E-state index contributed by atoms with van der Waals surface area (Å²) in [6.07, 6.45) is 2.52. The first kappa shape index (κ1) is 23.0. The molecular formula is C20H23ClN4O5S2. The van der Waals surface area contributed by atoms with Crippen LogP contribution in [-0.4, -0.2) is 66.5 Å². The number of thioether (sulfide) groups is 1. The number of nitrogens with zero attached hydrogens (tertiary/aromatic N) is 2. The van der Waals surface area contributed by atoms with Crippen LogP contribution in [0.4, 0.5) is 17.1 Å². The minimum absolute atomic E-state index is 0.00691. The fourth-order valence-electron chi connectivity index (χ4n) is 3.78. The molecule has 0 amide bonds. The molecule has 2 aromatic rings. The lowest BCUT2D eigenvalue weighted by atomic mass is 10.1. The molecule has 2 aliphatic heterocycles. The SMILES string of the molecule is C=CN1CCN(S(=O)(=O)c2c(Cl)ccc(Nc3c(NC4CCSC4)c(=O)c3=O)c2O)CC1. The summed E-state index contributed by atoms with van der Waals surface area (Å²) in [5, 5.41) is 16.5. The molecule has 9 nitrogen and oxygen atoms in total. The predicted molar refractivity (Wildman–Crippen MR) is 128 cm³/mol. The topological polar surface area (TPSA) is 119 Å². The Labute approximate surface area is 194 Å². The number of hydrogen-bond acceptors (Lipinski definition) is 9. The monoisotopic (exact) mass is 498 g/mol. The molecule has 0 aromatic heterocycles. The van der Waals surface area contributed by atoms with Crippen molar-refractivity contribution in [2.75, 3.05) is 48.3 Å². The molecule has 2 heterocycles. The number of piperazine rings is 1. The minimum Gasteiger partial charge on any atom is -0.504 e.